The molecule has 3 heterocycles. The molecule has 24 heavy (non-hydrogen) atoms. The van der Waals surface area contributed by atoms with E-state index >= 15 is 0 Å². The fourth-order valence-corrected chi connectivity index (χ4v) is 3.55. The number of anilines is 1. The van der Waals surface area contributed by atoms with E-state index in [0.717, 1.165) is 0 Å². The molecule has 9 heteroatoms. The van der Waals surface area contributed by atoms with Crippen molar-refractivity contribution in [2.24, 2.45) is 0 Å². The van der Waals surface area contributed by atoms with Gasteiger partial charge < -0.3 is 9.97 Å². The fourth-order valence-electron chi connectivity index (χ4n) is 2.53. The van der Waals surface area contributed by atoms with Crippen LogP contribution in [0.4, 0.5) is 5.82 Å². The lowest BCUT2D eigenvalue weighted by atomic mass is 10.2. The number of pyridine rings is 1. The summed E-state index contributed by atoms with van der Waals surface area (Å²) in [5.41, 5.74) is 0.829. The zero-order valence-corrected chi connectivity index (χ0v) is 13.0. The average Bonchev–Trinajstić information content (AvgIpc) is 2.95. The zero-order chi connectivity index (χ0) is 16.7. The Kier molecular flexibility index (Phi) is 3.10. The van der Waals surface area contributed by atoms with E-state index < -0.39 is 10.0 Å². The first-order chi connectivity index (χ1) is 11.5. The molecule has 8 nitrogen and oxygen atoms in total. The summed E-state index contributed by atoms with van der Waals surface area (Å²) in [6.45, 7) is 0. The van der Waals surface area contributed by atoms with Crippen molar-refractivity contribution in [2.45, 2.75) is 4.90 Å². The summed E-state index contributed by atoms with van der Waals surface area (Å²) in [7, 11) is -3.81. The number of hydrogen-bond donors (Lipinski definition) is 3. The third-order valence-electron chi connectivity index (χ3n) is 3.61. The predicted octanol–water partition coefficient (Wildman–Crippen LogP) is 1.60. The third-order valence-corrected chi connectivity index (χ3v) is 4.97. The first-order valence-corrected chi connectivity index (χ1v) is 8.45. The molecule has 0 radical (unpaired) electrons. The largest absolute Gasteiger partial charge is 0.350 e. The van der Waals surface area contributed by atoms with Crippen LogP contribution >= 0.6 is 0 Å². The van der Waals surface area contributed by atoms with Crippen LogP contribution in [0.5, 0.6) is 0 Å². The number of rotatable bonds is 3. The molecule has 0 aliphatic carbocycles. The highest BCUT2D eigenvalue weighted by Gasteiger charge is 2.17. The standard InChI is InChI=1S/C15H11N5O3S/c21-15-14-10(3-4-18-15)11-7-9(1-2-12(11)19-14)24(22,23)20-13-8-16-5-6-17-13/h1-8,19H,(H,17,20)(H,18,21). The molecule has 0 fully saturated rings. The van der Waals surface area contributed by atoms with Crippen molar-refractivity contribution >= 4 is 37.6 Å². The normalized spacial score (nSPS) is 11.8. The van der Waals surface area contributed by atoms with Crippen LogP contribution in [0.3, 0.4) is 0 Å². The second-order valence-corrected chi connectivity index (χ2v) is 6.81. The third kappa shape index (κ3) is 2.31. The number of fused-ring (bicyclic) bond motifs is 3. The quantitative estimate of drug-likeness (QED) is 0.523. The van der Waals surface area contributed by atoms with E-state index in [4.69, 9.17) is 0 Å². The Morgan fingerprint density at radius 1 is 1.08 bits per heavy atom. The topological polar surface area (TPSA) is 121 Å². The Hall–Kier alpha value is -3.20. The van der Waals surface area contributed by atoms with Crippen LogP contribution in [-0.2, 0) is 10.0 Å². The summed E-state index contributed by atoms with van der Waals surface area (Å²) in [6.07, 6.45) is 5.69. The van der Waals surface area contributed by atoms with Crippen LogP contribution in [0, 0.1) is 0 Å². The maximum atomic E-state index is 12.5. The summed E-state index contributed by atoms with van der Waals surface area (Å²) >= 11 is 0. The molecule has 0 saturated carbocycles. The molecule has 0 aliphatic heterocycles. The van der Waals surface area contributed by atoms with Gasteiger partial charge in [0.2, 0.25) is 0 Å². The monoisotopic (exact) mass is 341 g/mol. The Morgan fingerprint density at radius 3 is 2.75 bits per heavy atom. The lowest BCUT2D eigenvalue weighted by Gasteiger charge is -2.06. The summed E-state index contributed by atoms with van der Waals surface area (Å²) in [6, 6.07) is 6.33. The van der Waals surface area contributed by atoms with Gasteiger partial charge in [-0.1, -0.05) is 0 Å². The minimum atomic E-state index is -3.81. The van der Waals surface area contributed by atoms with E-state index in [9.17, 15) is 13.2 Å². The maximum Gasteiger partial charge on any atom is 0.272 e. The molecule has 0 unspecified atom stereocenters. The van der Waals surface area contributed by atoms with Crippen LogP contribution in [0.1, 0.15) is 0 Å². The van der Waals surface area contributed by atoms with E-state index in [1.54, 1.807) is 12.1 Å². The van der Waals surface area contributed by atoms with Crippen molar-refractivity contribution in [3.05, 3.63) is 59.4 Å². The fraction of sp³-hybridized carbons (Fsp3) is 0. The van der Waals surface area contributed by atoms with Crippen molar-refractivity contribution in [3.63, 3.8) is 0 Å². The molecule has 4 aromatic rings. The van der Waals surface area contributed by atoms with Gasteiger partial charge in [0, 0.05) is 34.9 Å². The summed E-state index contributed by atoms with van der Waals surface area (Å²) in [5, 5.41) is 1.31. The van der Waals surface area contributed by atoms with E-state index in [1.807, 2.05) is 0 Å². The first kappa shape index (κ1) is 14.4. The second kappa shape index (κ2) is 5.17. The van der Waals surface area contributed by atoms with Gasteiger partial charge >= 0.3 is 0 Å². The molecular formula is C15H11N5O3S. The Balaban J connectivity index is 1.87. The minimum absolute atomic E-state index is 0.0711. The van der Waals surface area contributed by atoms with Crippen molar-refractivity contribution < 1.29 is 8.42 Å². The van der Waals surface area contributed by atoms with Gasteiger partial charge in [-0.05, 0) is 24.3 Å². The van der Waals surface area contributed by atoms with E-state index in [1.165, 1.54) is 36.9 Å². The number of aromatic amines is 2. The van der Waals surface area contributed by atoms with Crippen LogP contribution in [0.25, 0.3) is 21.8 Å². The summed E-state index contributed by atoms with van der Waals surface area (Å²) < 4.78 is 27.4. The number of nitrogens with zero attached hydrogens (tertiary/aromatic N) is 2. The Bertz CT molecular complexity index is 1210. The molecule has 0 atom stereocenters. The van der Waals surface area contributed by atoms with Crippen molar-refractivity contribution in [1.82, 2.24) is 19.9 Å². The molecule has 0 spiro atoms. The molecule has 0 bridgehead atoms. The zero-order valence-electron chi connectivity index (χ0n) is 12.1. The maximum absolute atomic E-state index is 12.5. The number of hydrogen-bond acceptors (Lipinski definition) is 5. The van der Waals surface area contributed by atoms with Gasteiger partial charge in [0.05, 0.1) is 11.1 Å². The van der Waals surface area contributed by atoms with E-state index in [0.29, 0.717) is 21.8 Å². The van der Waals surface area contributed by atoms with Crippen LogP contribution in [-0.4, -0.2) is 28.4 Å². The van der Waals surface area contributed by atoms with Crippen LogP contribution < -0.4 is 10.3 Å². The highest BCUT2D eigenvalue weighted by molar-refractivity contribution is 7.92. The Morgan fingerprint density at radius 2 is 1.96 bits per heavy atom. The van der Waals surface area contributed by atoms with Gasteiger partial charge in [-0.25, -0.2) is 13.4 Å². The predicted molar refractivity (Wildman–Crippen MR) is 89.3 cm³/mol. The van der Waals surface area contributed by atoms with Gasteiger partial charge in [-0.2, -0.15) is 0 Å². The Labute approximate surface area is 135 Å². The molecule has 3 N–H and O–H groups in total. The van der Waals surface area contributed by atoms with Crippen molar-refractivity contribution in [1.29, 1.82) is 0 Å². The number of aromatic nitrogens is 4. The van der Waals surface area contributed by atoms with E-state index in [2.05, 4.69) is 24.7 Å². The molecule has 1 aromatic carbocycles. The SMILES string of the molecule is O=c1[nH]ccc2c1[nH]c1ccc(S(=O)(=O)Nc3cnccn3)cc12. The number of benzene rings is 1. The average molecular weight is 341 g/mol. The van der Waals surface area contributed by atoms with Crippen LogP contribution in [0.2, 0.25) is 0 Å². The number of nitrogens with one attached hydrogen (secondary N) is 3. The first-order valence-electron chi connectivity index (χ1n) is 6.96. The highest BCUT2D eigenvalue weighted by Crippen LogP contribution is 2.26. The van der Waals surface area contributed by atoms with Gasteiger partial charge in [0.1, 0.15) is 5.52 Å². The molecule has 0 saturated heterocycles. The number of H-pyrrole nitrogens is 2. The lowest BCUT2D eigenvalue weighted by Crippen LogP contribution is -2.13. The molecule has 0 amide bonds. The van der Waals surface area contributed by atoms with Crippen molar-refractivity contribution in [3.8, 4) is 0 Å². The van der Waals surface area contributed by atoms with Gasteiger partial charge in [-0.3, -0.25) is 14.5 Å². The summed E-state index contributed by atoms with van der Waals surface area (Å²) in [4.78, 5) is 25.2. The van der Waals surface area contributed by atoms with Gasteiger partial charge in [0.25, 0.3) is 15.6 Å². The second-order valence-electron chi connectivity index (χ2n) is 5.12. The highest BCUT2D eigenvalue weighted by atomic mass is 32.2. The lowest BCUT2D eigenvalue weighted by molar-refractivity contribution is 0.601. The molecule has 3 aromatic heterocycles. The molecule has 0 aliphatic rings. The molecule has 4 rings (SSSR count). The smallest absolute Gasteiger partial charge is 0.272 e. The van der Waals surface area contributed by atoms with Gasteiger partial charge in [-0.15, -0.1) is 0 Å². The van der Waals surface area contributed by atoms with Crippen molar-refractivity contribution in [2.75, 3.05) is 4.72 Å². The molecule has 120 valence electrons. The van der Waals surface area contributed by atoms with Crippen LogP contribution in [0.15, 0.2) is 58.7 Å². The van der Waals surface area contributed by atoms with E-state index in [-0.39, 0.29) is 16.3 Å². The van der Waals surface area contributed by atoms with Gasteiger partial charge in [0.15, 0.2) is 5.82 Å². The number of sulfonamides is 1. The summed E-state index contributed by atoms with van der Waals surface area (Å²) in [5.74, 6) is 0.132. The molecular weight excluding hydrogens is 330 g/mol. The minimum Gasteiger partial charge on any atom is -0.350 e.